The number of ether oxygens (including phenoxy) is 2. The Morgan fingerprint density at radius 3 is 1.83 bits per heavy atom. The summed E-state index contributed by atoms with van der Waals surface area (Å²) in [5.74, 6) is -2.49. The van der Waals surface area contributed by atoms with Crippen LogP contribution in [-0.4, -0.2) is 78.1 Å². The fourth-order valence-corrected chi connectivity index (χ4v) is 9.12. The summed E-state index contributed by atoms with van der Waals surface area (Å²) >= 11 is 0.815. The summed E-state index contributed by atoms with van der Waals surface area (Å²) in [7, 11) is -8.61. The Hall–Kier alpha value is -2.39. The second-order valence-corrected chi connectivity index (χ2v) is 14.3. The van der Waals surface area contributed by atoms with Crippen LogP contribution >= 0.6 is 26.5 Å². The molecule has 1 heterocycles. The molecule has 0 aromatic carbocycles. The SMILES string of the molecule is CCOP(=O)(OCC)C(CC(=O)Nc1nc(C(=NOC)C(=O)O)cs1)(OC(=O)OC(C)(C)C)P(=O)(OCC)OCC. The van der Waals surface area contributed by atoms with Crippen LogP contribution in [0.25, 0.3) is 0 Å². The zero-order valence-electron chi connectivity index (χ0n) is 24.2. The van der Waals surface area contributed by atoms with Crippen LogP contribution in [0.4, 0.5) is 9.93 Å². The highest BCUT2D eigenvalue weighted by molar-refractivity contribution is 7.74. The van der Waals surface area contributed by atoms with Crippen LogP contribution in [0.3, 0.4) is 0 Å². The summed E-state index contributed by atoms with van der Waals surface area (Å²) in [5.41, 5.74) is -1.79. The number of hydrogen-bond donors (Lipinski definition) is 2. The molecule has 234 valence electrons. The van der Waals surface area contributed by atoms with E-state index in [9.17, 15) is 28.6 Å². The number of aliphatic carboxylic acids is 1. The Labute approximate surface area is 242 Å². The second-order valence-electron chi connectivity index (χ2n) is 8.67. The minimum Gasteiger partial charge on any atom is -0.476 e. The highest BCUT2D eigenvalue weighted by Gasteiger charge is 2.70. The molecule has 0 bridgehead atoms. The van der Waals surface area contributed by atoms with Crippen molar-refractivity contribution in [1.29, 1.82) is 0 Å². The number of hydrogen-bond acceptors (Lipinski definition) is 15. The van der Waals surface area contributed by atoms with E-state index in [0.717, 1.165) is 18.4 Å². The van der Waals surface area contributed by atoms with Gasteiger partial charge in [0, 0.05) is 5.38 Å². The molecule has 2 N–H and O–H groups in total. The third kappa shape index (κ3) is 9.57. The van der Waals surface area contributed by atoms with Crippen LogP contribution in [-0.2, 0) is 51.1 Å². The number of carboxylic acids is 1. The number of carbonyl (C=O) groups is 3. The molecule has 16 nitrogen and oxygen atoms in total. The van der Waals surface area contributed by atoms with Gasteiger partial charge in [-0.05, 0) is 48.5 Å². The third-order valence-electron chi connectivity index (χ3n) is 4.46. The van der Waals surface area contributed by atoms with Gasteiger partial charge in [0.15, 0.2) is 5.13 Å². The zero-order chi connectivity index (χ0) is 31.5. The van der Waals surface area contributed by atoms with Gasteiger partial charge >= 0.3 is 32.4 Å². The summed E-state index contributed by atoms with van der Waals surface area (Å²) in [6.45, 7) is 9.29. The number of amides is 1. The van der Waals surface area contributed by atoms with E-state index in [1.54, 1.807) is 0 Å². The summed E-state index contributed by atoms with van der Waals surface area (Å²) in [5, 5.41) is 13.3. The third-order valence-corrected chi connectivity index (χ3v) is 11.3. The second kappa shape index (κ2) is 15.7. The molecule has 1 aromatic rings. The standard InChI is InChI=1S/C22H37N3O13P2S/c1-9-33-39(30,34-10-2)22(38-20(29)37-21(5,6)7,40(31,35-11-3)36-12-4)13-16(26)24-19-23-15(14-41-19)17(18(27)28)25-32-8/h14H,9-13H2,1-8H3,(H,27,28)(H,23,24,26). The molecule has 0 radical (unpaired) electrons. The smallest absolute Gasteiger partial charge is 0.476 e. The topological polar surface area (TPSA) is 207 Å². The first-order chi connectivity index (χ1) is 19.1. The van der Waals surface area contributed by atoms with Crippen LogP contribution in [0.2, 0.25) is 0 Å². The van der Waals surface area contributed by atoms with Gasteiger partial charge < -0.3 is 42.8 Å². The summed E-state index contributed by atoms with van der Waals surface area (Å²) in [6.07, 6.45) is -2.59. The van der Waals surface area contributed by atoms with Crippen LogP contribution < -0.4 is 5.32 Å². The molecule has 1 amide bonds. The Bertz CT molecular complexity index is 1130. The van der Waals surface area contributed by atoms with E-state index in [1.165, 1.54) is 53.8 Å². The lowest BCUT2D eigenvalue weighted by molar-refractivity contribution is -0.129. The number of thiazole rings is 1. The first-order valence-electron chi connectivity index (χ1n) is 12.4. The Morgan fingerprint density at radius 2 is 1.44 bits per heavy atom. The van der Waals surface area contributed by atoms with Gasteiger partial charge in [-0.2, -0.15) is 0 Å². The lowest BCUT2D eigenvalue weighted by Gasteiger charge is -2.40. The van der Waals surface area contributed by atoms with Gasteiger partial charge in [0.25, 0.3) is 0 Å². The van der Waals surface area contributed by atoms with Crippen molar-refractivity contribution < 1.29 is 61.0 Å². The first-order valence-corrected chi connectivity index (χ1v) is 16.3. The molecule has 0 aliphatic heterocycles. The number of carboxylic acid groups (broad SMARTS) is 1. The summed E-state index contributed by atoms with van der Waals surface area (Å²) in [6, 6.07) is 0. The van der Waals surface area contributed by atoms with E-state index in [0.29, 0.717) is 0 Å². The van der Waals surface area contributed by atoms with Crippen molar-refractivity contribution >= 4 is 55.4 Å². The van der Waals surface area contributed by atoms with Gasteiger partial charge in [0.2, 0.25) is 11.6 Å². The van der Waals surface area contributed by atoms with Crippen molar-refractivity contribution in [2.24, 2.45) is 5.16 Å². The molecule has 0 fully saturated rings. The normalized spacial score (nSPS) is 13.0. The molecule has 0 aliphatic carbocycles. The molecule has 1 rings (SSSR count). The summed E-state index contributed by atoms with van der Waals surface area (Å²) in [4.78, 5) is 46.4. The monoisotopic (exact) mass is 645 g/mol. The predicted octanol–water partition coefficient (Wildman–Crippen LogP) is 5.04. The lowest BCUT2D eigenvalue weighted by atomic mass is 10.2. The van der Waals surface area contributed by atoms with E-state index in [2.05, 4.69) is 20.3 Å². The van der Waals surface area contributed by atoms with Gasteiger partial charge in [-0.25, -0.2) is 14.6 Å². The Balaban J connectivity index is 3.78. The van der Waals surface area contributed by atoms with Gasteiger partial charge in [0.05, 0.1) is 32.8 Å². The number of oxime groups is 1. The van der Waals surface area contributed by atoms with Crippen molar-refractivity contribution in [2.45, 2.75) is 65.6 Å². The average Bonchev–Trinajstić information content (AvgIpc) is 3.28. The maximum Gasteiger partial charge on any atom is 0.510 e. The lowest BCUT2D eigenvalue weighted by Crippen LogP contribution is -2.42. The minimum atomic E-state index is -4.88. The quantitative estimate of drug-likeness (QED) is 0.0984. The van der Waals surface area contributed by atoms with E-state index in [-0.39, 0.29) is 37.3 Å². The molecule has 0 saturated carbocycles. The Morgan fingerprint density at radius 1 is 0.951 bits per heavy atom. The highest BCUT2D eigenvalue weighted by Crippen LogP contribution is 2.79. The molecule has 1 aromatic heterocycles. The number of nitrogens with zero attached hydrogens (tertiary/aromatic N) is 2. The fourth-order valence-electron chi connectivity index (χ4n) is 3.15. The van der Waals surface area contributed by atoms with Crippen molar-refractivity contribution in [2.75, 3.05) is 38.9 Å². The predicted molar refractivity (Wildman–Crippen MR) is 148 cm³/mol. The van der Waals surface area contributed by atoms with E-state index >= 15 is 0 Å². The first kappa shape index (κ1) is 36.6. The molecule has 19 heteroatoms. The average molecular weight is 646 g/mol. The molecule has 0 unspecified atom stereocenters. The zero-order valence-corrected chi connectivity index (χ0v) is 26.8. The maximum absolute atomic E-state index is 14.4. The number of aromatic nitrogens is 1. The van der Waals surface area contributed by atoms with Crippen molar-refractivity contribution in [1.82, 2.24) is 4.98 Å². The van der Waals surface area contributed by atoms with Gasteiger partial charge in [-0.15, -0.1) is 11.3 Å². The van der Waals surface area contributed by atoms with Crippen LogP contribution in [0.15, 0.2) is 10.5 Å². The van der Waals surface area contributed by atoms with Crippen LogP contribution in [0.5, 0.6) is 0 Å². The van der Waals surface area contributed by atoms with E-state index < -0.39 is 56.0 Å². The number of rotatable bonds is 17. The largest absolute Gasteiger partial charge is 0.510 e. The Kier molecular flexibility index (Phi) is 14.1. The van der Waals surface area contributed by atoms with Gasteiger partial charge in [0.1, 0.15) is 18.4 Å². The molecule has 0 aliphatic rings. The van der Waals surface area contributed by atoms with E-state index in [1.807, 2.05) is 0 Å². The molecule has 41 heavy (non-hydrogen) atoms. The molecule has 0 atom stereocenters. The molecular formula is C22H37N3O13P2S. The number of anilines is 1. The summed E-state index contributed by atoms with van der Waals surface area (Å²) < 4.78 is 61.1. The van der Waals surface area contributed by atoms with Crippen LogP contribution in [0, 0.1) is 0 Å². The molecule has 0 saturated heterocycles. The maximum atomic E-state index is 14.4. The van der Waals surface area contributed by atoms with E-state index in [4.69, 9.17) is 27.6 Å². The van der Waals surface area contributed by atoms with Gasteiger partial charge in [-0.3, -0.25) is 13.9 Å². The van der Waals surface area contributed by atoms with Crippen molar-refractivity contribution in [3.8, 4) is 0 Å². The minimum absolute atomic E-state index is 0.133. The fraction of sp³-hybridized carbons (Fsp3) is 0.682. The van der Waals surface area contributed by atoms with Crippen LogP contribution in [0.1, 0.15) is 60.6 Å². The number of nitrogens with one attached hydrogen (secondary N) is 1. The molecule has 0 spiro atoms. The van der Waals surface area contributed by atoms with Crippen molar-refractivity contribution in [3.05, 3.63) is 11.1 Å². The molecular weight excluding hydrogens is 608 g/mol. The van der Waals surface area contributed by atoms with Gasteiger partial charge in [-0.1, -0.05) is 5.16 Å². The highest BCUT2D eigenvalue weighted by atomic mass is 32.1. The number of carbonyl (C=O) groups excluding carboxylic acids is 2. The van der Waals surface area contributed by atoms with Crippen molar-refractivity contribution in [3.63, 3.8) is 0 Å².